The summed E-state index contributed by atoms with van der Waals surface area (Å²) in [5.74, 6) is 0.797. The standard InChI is InChI=1S/C16H17N3O/c1-17-19-14(13-5-3-2-4-6-13)9-10-15(20)16(19)18-11-12-7-8-12/h2-6,9-10,12,20H,1,7-8,11H2. The summed E-state index contributed by atoms with van der Waals surface area (Å²) in [6, 6.07) is 13.4. The molecule has 1 saturated carbocycles. The van der Waals surface area contributed by atoms with Crippen LogP contribution in [-0.2, 0) is 0 Å². The summed E-state index contributed by atoms with van der Waals surface area (Å²) >= 11 is 0. The lowest BCUT2D eigenvalue weighted by molar-refractivity contribution is 0.456. The third-order valence-corrected chi connectivity index (χ3v) is 3.46. The third-order valence-electron chi connectivity index (χ3n) is 3.46. The van der Waals surface area contributed by atoms with Crippen LogP contribution in [0.3, 0.4) is 0 Å². The van der Waals surface area contributed by atoms with E-state index in [-0.39, 0.29) is 5.75 Å². The predicted molar refractivity (Wildman–Crippen MR) is 79.6 cm³/mol. The second kappa shape index (κ2) is 5.33. The molecule has 1 heterocycles. The molecule has 1 aliphatic rings. The highest BCUT2D eigenvalue weighted by molar-refractivity contribution is 5.60. The number of benzene rings is 1. The monoisotopic (exact) mass is 267 g/mol. The Morgan fingerprint density at radius 3 is 2.55 bits per heavy atom. The first-order valence-corrected chi connectivity index (χ1v) is 6.77. The van der Waals surface area contributed by atoms with E-state index in [1.54, 1.807) is 10.7 Å². The summed E-state index contributed by atoms with van der Waals surface area (Å²) < 4.78 is 1.60. The summed E-state index contributed by atoms with van der Waals surface area (Å²) in [4.78, 5) is 4.50. The van der Waals surface area contributed by atoms with E-state index in [1.807, 2.05) is 36.4 Å². The van der Waals surface area contributed by atoms with E-state index in [2.05, 4.69) is 16.8 Å². The van der Waals surface area contributed by atoms with Gasteiger partial charge in [-0.2, -0.15) is 5.10 Å². The molecular formula is C16H17N3O. The van der Waals surface area contributed by atoms with Crippen LogP contribution < -0.4 is 5.49 Å². The molecule has 0 saturated heterocycles. The highest BCUT2D eigenvalue weighted by atomic mass is 16.3. The van der Waals surface area contributed by atoms with Gasteiger partial charge in [-0.3, -0.25) is 4.99 Å². The smallest absolute Gasteiger partial charge is 0.191 e. The molecule has 1 N–H and O–H groups in total. The van der Waals surface area contributed by atoms with E-state index >= 15 is 0 Å². The summed E-state index contributed by atoms with van der Waals surface area (Å²) in [6.45, 7) is 4.34. The maximum atomic E-state index is 10.0. The van der Waals surface area contributed by atoms with E-state index in [4.69, 9.17) is 0 Å². The zero-order valence-corrected chi connectivity index (χ0v) is 11.2. The maximum absolute atomic E-state index is 10.0. The van der Waals surface area contributed by atoms with Gasteiger partial charge in [-0.05, 0) is 30.9 Å². The van der Waals surface area contributed by atoms with Gasteiger partial charge in [-0.1, -0.05) is 30.3 Å². The minimum atomic E-state index is 0.137. The Morgan fingerprint density at radius 2 is 1.90 bits per heavy atom. The fourth-order valence-corrected chi connectivity index (χ4v) is 2.16. The van der Waals surface area contributed by atoms with Gasteiger partial charge in [0.05, 0.1) is 5.69 Å². The molecule has 1 aromatic heterocycles. The summed E-state index contributed by atoms with van der Waals surface area (Å²) in [6.07, 6.45) is 2.45. The van der Waals surface area contributed by atoms with E-state index in [1.165, 1.54) is 12.8 Å². The average Bonchev–Trinajstić information content (AvgIpc) is 3.30. The molecule has 0 spiro atoms. The number of hydrogen-bond donors (Lipinski definition) is 1. The molecule has 1 aliphatic carbocycles. The first kappa shape index (κ1) is 12.7. The SMILES string of the molecule is C=Nn1c(-c2ccccc2)ccc(O)c1=NCC1CC1. The number of hydrogen-bond acceptors (Lipinski definition) is 3. The number of pyridine rings is 1. The van der Waals surface area contributed by atoms with Gasteiger partial charge in [-0.25, -0.2) is 4.68 Å². The summed E-state index contributed by atoms with van der Waals surface area (Å²) in [7, 11) is 0. The molecular weight excluding hydrogens is 250 g/mol. The molecule has 2 aromatic rings. The highest BCUT2D eigenvalue weighted by Crippen LogP contribution is 2.28. The molecule has 20 heavy (non-hydrogen) atoms. The Kier molecular flexibility index (Phi) is 3.37. The van der Waals surface area contributed by atoms with Gasteiger partial charge >= 0.3 is 0 Å². The van der Waals surface area contributed by atoms with Crippen molar-refractivity contribution >= 4 is 6.72 Å². The topological polar surface area (TPSA) is 49.9 Å². The normalized spacial score (nSPS) is 15.3. The molecule has 0 radical (unpaired) electrons. The second-order valence-electron chi connectivity index (χ2n) is 5.03. The van der Waals surface area contributed by atoms with Crippen molar-refractivity contribution < 1.29 is 5.11 Å². The van der Waals surface area contributed by atoms with Crippen molar-refractivity contribution in [2.24, 2.45) is 16.0 Å². The predicted octanol–water partition coefficient (Wildman–Crippen LogP) is 2.64. The molecule has 0 unspecified atom stereocenters. The number of nitrogens with zero attached hydrogens (tertiary/aromatic N) is 3. The van der Waals surface area contributed by atoms with Gasteiger partial charge in [0.1, 0.15) is 0 Å². The average molecular weight is 267 g/mol. The van der Waals surface area contributed by atoms with Gasteiger partial charge < -0.3 is 5.11 Å². The molecule has 1 fully saturated rings. The Morgan fingerprint density at radius 1 is 1.15 bits per heavy atom. The van der Waals surface area contributed by atoms with Crippen LogP contribution in [0.1, 0.15) is 12.8 Å². The first-order valence-electron chi connectivity index (χ1n) is 6.77. The van der Waals surface area contributed by atoms with Gasteiger partial charge in [0.15, 0.2) is 11.2 Å². The lowest BCUT2D eigenvalue weighted by atomic mass is 10.1. The first-order chi connectivity index (χ1) is 9.79. The molecule has 102 valence electrons. The third kappa shape index (κ3) is 2.50. The fraction of sp³-hybridized carbons (Fsp3) is 0.250. The van der Waals surface area contributed by atoms with Crippen LogP contribution in [0, 0.1) is 5.92 Å². The van der Waals surface area contributed by atoms with Crippen LogP contribution in [0.4, 0.5) is 0 Å². The van der Waals surface area contributed by atoms with Gasteiger partial charge in [0, 0.05) is 18.8 Å². The lowest BCUT2D eigenvalue weighted by Crippen LogP contribution is -2.20. The van der Waals surface area contributed by atoms with Crippen molar-refractivity contribution in [2.45, 2.75) is 12.8 Å². The van der Waals surface area contributed by atoms with Crippen molar-refractivity contribution in [3.8, 4) is 17.0 Å². The molecule has 0 bridgehead atoms. The Balaban J connectivity index is 2.14. The van der Waals surface area contributed by atoms with Gasteiger partial charge in [0.25, 0.3) is 0 Å². The molecule has 0 aliphatic heterocycles. The van der Waals surface area contributed by atoms with E-state index in [0.29, 0.717) is 11.4 Å². The quantitative estimate of drug-likeness (QED) is 0.851. The fourth-order valence-electron chi connectivity index (χ4n) is 2.16. The lowest BCUT2D eigenvalue weighted by Gasteiger charge is -2.10. The Hall–Kier alpha value is -2.36. The summed E-state index contributed by atoms with van der Waals surface area (Å²) in [5.41, 5.74) is 2.36. The second-order valence-corrected chi connectivity index (χ2v) is 5.03. The van der Waals surface area contributed by atoms with Crippen LogP contribution in [0.25, 0.3) is 11.3 Å². The van der Waals surface area contributed by atoms with Crippen LogP contribution in [0.2, 0.25) is 0 Å². The summed E-state index contributed by atoms with van der Waals surface area (Å²) in [5, 5.41) is 14.0. The number of aromatic nitrogens is 1. The van der Waals surface area contributed by atoms with Crippen LogP contribution in [-0.4, -0.2) is 23.0 Å². The van der Waals surface area contributed by atoms with Crippen molar-refractivity contribution in [1.29, 1.82) is 0 Å². The van der Waals surface area contributed by atoms with Gasteiger partial charge in [-0.15, -0.1) is 0 Å². The molecule has 4 heteroatoms. The molecule has 3 rings (SSSR count). The zero-order chi connectivity index (χ0) is 13.9. The Bertz CT molecular complexity index is 685. The van der Waals surface area contributed by atoms with Crippen molar-refractivity contribution in [3.05, 3.63) is 48.0 Å². The van der Waals surface area contributed by atoms with Crippen LogP contribution in [0.5, 0.6) is 5.75 Å². The minimum absolute atomic E-state index is 0.137. The van der Waals surface area contributed by atoms with Crippen molar-refractivity contribution in [3.63, 3.8) is 0 Å². The Labute approximate surface area is 117 Å². The molecule has 0 atom stereocenters. The van der Waals surface area contributed by atoms with Crippen molar-refractivity contribution in [2.75, 3.05) is 6.54 Å². The van der Waals surface area contributed by atoms with Gasteiger partial charge in [0.2, 0.25) is 0 Å². The molecule has 4 nitrogen and oxygen atoms in total. The van der Waals surface area contributed by atoms with Crippen LogP contribution >= 0.6 is 0 Å². The van der Waals surface area contributed by atoms with E-state index < -0.39 is 0 Å². The highest BCUT2D eigenvalue weighted by Gasteiger charge is 2.20. The number of aromatic hydroxyl groups is 1. The maximum Gasteiger partial charge on any atom is 0.191 e. The van der Waals surface area contributed by atoms with Crippen LogP contribution in [0.15, 0.2) is 52.6 Å². The van der Waals surface area contributed by atoms with E-state index in [9.17, 15) is 5.11 Å². The number of rotatable bonds is 4. The largest absolute Gasteiger partial charge is 0.504 e. The zero-order valence-electron chi connectivity index (χ0n) is 11.2. The molecule has 0 amide bonds. The van der Waals surface area contributed by atoms with Crippen molar-refractivity contribution in [1.82, 2.24) is 4.68 Å². The molecule has 1 aromatic carbocycles. The van der Waals surface area contributed by atoms with E-state index in [0.717, 1.165) is 17.8 Å². The minimum Gasteiger partial charge on any atom is -0.504 e.